The van der Waals surface area contributed by atoms with Crippen LogP contribution in [0, 0.1) is 0 Å². The first kappa shape index (κ1) is 17.1. The largest absolute Gasteiger partial charge is 0.480 e. The fraction of sp³-hybridized carbons (Fsp3) is 0.818. The Labute approximate surface area is 112 Å². The van der Waals surface area contributed by atoms with Crippen LogP contribution in [0.3, 0.4) is 0 Å². The monoisotopic (exact) mass is 278 g/mol. The van der Waals surface area contributed by atoms with Gasteiger partial charge in [0.2, 0.25) is 0 Å². The third-order valence-corrected chi connectivity index (χ3v) is 3.09. The van der Waals surface area contributed by atoms with Gasteiger partial charge >= 0.3 is 12.0 Å². The maximum absolute atomic E-state index is 11.5. The van der Waals surface area contributed by atoms with Crippen molar-refractivity contribution in [1.82, 2.24) is 10.6 Å². The van der Waals surface area contributed by atoms with Crippen LogP contribution in [0.2, 0.25) is 0 Å². The molecule has 0 unspecified atom stereocenters. The van der Waals surface area contributed by atoms with Crippen LogP contribution in [0.1, 0.15) is 20.3 Å². The van der Waals surface area contributed by atoms with Crippen molar-refractivity contribution in [3.63, 3.8) is 0 Å². The molecule has 0 saturated carbocycles. The molecule has 0 fully saturated rings. The lowest BCUT2D eigenvalue weighted by Crippen LogP contribution is -2.49. The van der Waals surface area contributed by atoms with Crippen molar-refractivity contribution < 1.29 is 19.4 Å². The van der Waals surface area contributed by atoms with Crippen LogP contribution >= 0.6 is 11.8 Å². The van der Waals surface area contributed by atoms with Crippen LogP contribution in [0.5, 0.6) is 0 Å². The molecule has 2 amide bonds. The number of methoxy groups -OCH3 is 1. The highest BCUT2D eigenvalue weighted by molar-refractivity contribution is 7.98. The van der Waals surface area contributed by atoms with Gasteiger partial charge in [-0.25, -0.2) is 9.59 Å². The van der Waals surface area contributed by atoms with E-state index in [1.807, 2.05) is 20.1 Å². The van der Waals surface area contributed by atoms with E-state index in [1.54, 1.807) is 18.9 Å². The van der Waals surface area contributed by atoms with Gasteiger partial charge in [-0.1, -0.05) is 0 Å². The molecule has 0 aliphatic carbocycles. The number of aliphatic carboxylic acids is 1. The van der Waals surface area contributed by atoms with Crippen LogP contribution in [0.15, 0.2) is 0 Å². The standard InChI is InChI=1S/C11H22N2O4S/c1-11(2,17-3)7-12-10(16)13-8(9(14)15)5-6-18-4/h8H,5-7H2,1-4H3,(H,14,15)(H2,12,13,16)/t8-/m1/s1. The van der Waals surface area contributed by atoms with E-state index in [4.69, 9.17) is 9.84 Å². The number of nitrogens with one attached hydrogen (secondary N) is 2. The summed E-state index contributed by atoms with van der Waals surface area (Å²) in [5.41, 5.74) is -0.477. The number of carboxylic acid groups (broad SMARTS) is 1. The number of thioether (sulfide) groups is 1. The van der Waals surface area contributed by atoms with Gasteiger partial charge in [-0.15, -0.1) is 0 Å². The maximum Gasteiger partial charge on any atom is 0.326 e. The molecule has 0 aromatic rings. The molecular weight excluding hydrogens is 256 g/mol. The zero-order chi connectivity index (χ0) is 14.2. The van der Waals surface area contributed by atoms with Crippen molar-refractivity contribution in [2.45, 2.75) is 31.9 Å². The number of carbonyl (C=O) groups excluding carboxylic acids is 1. The van der Waals surface area contributed by atoms with Gasteiger partial charge in [0.25, 0.3) is 0 Å². The molecule has 1 atom stereocenters. The van der Waals surface area contributed by atoms with Crippen molar-refractivity contribution in [3.8, 4) is 0 Å². The van der Waals surface area contributed by atoms with Crippen LogP contribution in [-0.2, 0) is 9.53 Å². The Kier molecular flexibility index (Phi) is 7.77. The Morgan fingerprint density at radius 3 is 2.50 bits per heavy atom. The second-order valence-corrected chi connectivity index (χ2v) is 5.45. The van der Waals surface area contributed by atoms with Gasteiger partial charge in [0.05, 0.1) is 5.60 Å². The van der Waals surface area contributed by atoms with Crippen LogP contribution < -0.4 is 10.6 Å². The Morgan fingerprint density at radius 2 is 2.06 bits per heavy atom. The molecule has 0 rings (SSSR count). The van der Waals surface area contributed by atoms with E-state index in [-0.39, 0.29) is 0 Å². The fourth-order valence-corrected chi connectivity index (χ4v) is 1.54. The van der Waals surface area contributed by atoms with Gasteiger partial charge in [0, 0.05) is 13.7 Å². The SMILES string of the molecule is COC(C)(C)CNC(=O)N[C@H](CCSC)C(=O)O. The van der Waals surface area contributed by atoms with Gasteiger partial charge in [0.1, 0.15) is 6.04 Å². The van der Waals surface area contributed by atoms with Crippen molar-refractivity contribution >= 4 is 23.8 Å². The Bertz CT molecular complexity index is 284. The fourth-order valence-electron chi connectivity index (χ4n) is 1.07. The molecule has 0 bridgehead atoms. The number of urea groups is 1. The molecule has 0 saturated heterocycles. The minimum Gasteiger partial charge on any atom is -0.480 e. The highest BCUT2D eigenvalue weighted by atomic mass is 32.2. The zero-order valence-corrected chi connectivity index (χ0v) is 12.1. The highest BCUT2D eigenvalue weighted by Gasteiger charge is 2.21. The first-order chi connectivity index (χ1) is 8.32. The van der Waals surface area contributed by atoms with Crippen LogP contribution in [0.4, 0.5) is 4.79 Å². The van der Waals surface area contributed by atoms with E-state index in [0.29, 0.717) is 18.7 Å². The summed E-state index contributed by atoms with van der Waals surface area (Å²) in [5.74, 6) is -0.342. The minimum absolute atomic E-state index is 0.310. The molecule has 7 heteroatoms. The summed E-state index contributed by atoms with van der Waals surface area (Å²) in [6.45, 7) is 3.97. The Balaban J connectivity index is 4.14. The number of ether oxygens (including phenoxy) is 1. The topological polar surface area (TPSA) is 87.7 Å². The molecule has 0 aliphatic heterocycles. The molecule has 0 spiro atoms. The van der Waals surface area contributed by atoms with Crippen molar-refractivity contribution in [3.05, 3.63) is 0 Å². The predicted molar refractivity (Wildman–Crippen MR) is 72.0 cm³/mol. The number of hydrogen-bond acceptors (Lipinski definition) is 4. The van der Waals surface area contributed by atoms with Gasteiger partial charge in [0.15, 0.2) is 0 Å². The Hall–Kier alpha value is -0.950. The molecule has 0 aromatic heterocycles. The number of rotatable bonds is 8. The second-order valence-electron chi connectivity index (χ2n) is 4.46. The van der Waals surface area contributed by atoms with Gasteiger partial charge in [-0.3, -0.25) is 0 Å². The summed E-state index contributed by atoms with van der Waals surface area (Å²) in [7, 11) is 1.55. The first-order valence-electron chi connectivity index (χ1n) is 5.63. The second kappa shape index (κ2) is 8.20. The van der Waals surface area contributed by atoms with E-state index in [2.05, 4.69) is 10.6 Å². The van der Waals surface area contributed by atoms with Gasteiger partial charge in [-0.2, -0.15) is 11.8 Å². The lowest BCUT2D eigenvalue weighted by atomic mass is 10.1. The molecule has 0 radical (unpaired) electrons. The number of carboxylic acids is 1. The minimum atomic E-state index is -1.02. The van der Waals surface area contributed by atoms with Gasteiger partial charge < -0.3 is 20.5 Å². The maximum atomic E-state index is 11.5. The summed E-state index contributed by atoms with van der Waals surface area (Å²) < 4.78 is 5.14. The van der Waals surface area contributed by atoms with E-state index in [9.17, 15) is 9.59 Å². The molecule has 6 nitrogen and oxygen atoms in total. The number of amides is 2. The lowest BCUT2D eigenvalue weighted by molar-refractivity contribution is -0.139. The van der Waals surface area contributed by atoms with Crippen molar-refractivity contribution in [2.24, 2.45) is 0 Å². The molecule has 106 valence electrons. The van der Waals surface area contributed by atoms with E-state index < -0.39 is 23.6 Å². The summed E-state index contributed by atoms with van der Waals surface area (Å²) in [6, 6.07) is -1.35. The molecule has 3 N–H and O–H groups in total. The third-order valence-electron chi connectivity index (χ3n) is 2.44. The zero-order valence-electron chi connectivity index (χ0n) is 11.3. The number of hydrogen-bond donors (Lipinski definition) is 3. The quantitative estimate of drug-likeness (QED) is 0.614. The van der Waals surface area contributed by atoms with Crippen molar-refractivity contribution in [1.29, 1.82) is 0 Å². The summed E-state index contributed by atoms with van der Waals surface area (Å²) in [5, 5.41) is 14.0. The highest BCUT2D eigenvalue weighted by Crippen LogP contribution is 2.05. The average molecular weight is 278 g/mol. The number of carbonyl (C=O) groups is 2. The molecule has 0 heterocycles. The lowest BCUT2D eigenvalue weighted by Gasteiger charge is -2.23. The van der Waals surface area contributed by atoms with Crippen LogP contribution in [0.25, 0.3) is 0 Å². The predicted octanol–water partition coefficient (Wildman–Crippen LogP) is 0.917. The Morgan fingerprint density at radius 1 is 1.44 bits per heavy atom. The van der Waals surface area contributed by atoms with E-state index in [0.717, 1.165) is 0 Å². The van der Waals surface area contributed by atoms with Crippen molar-refractivity contribution in [2.75, 3.05) is 25.7 Å². The molecular formula is C11H22N2O4S. The normalized spacial score (nSPS) is 12.9. The summed E-state index contributed by atoms with van der Waals surface area (Å²) >= 11 is 1.54. The summed E-state index contributed by atoms with van der Waals surface area (Å²) in [4.78, 5) is 22.5. The smallest absolute Gasteiger partial charge is 0.326 e. The van der Waals surface area contributed by atoms with E-state index in [1.165, 1.54) is 0 Å². The first-order valence-corrected chi connectivity index (χ1v) is 7.03. The molecule has 18 heavy (non-hydrogen) atoms. The summed E-state index contributed by atoms with van der Waals surface area (Å²) in [6.07, 6.45) is 2.29. The molecule has 0 aromatic carbocycles. The average Bonchev–Trinajstić information content (AvgIpc) is 2.31. The third kappa shape index (κ3) is 7.39. The van der Waals surface area contributed by atoms with Gasteiger partial charge in [-0.05, 0) is 32.3 Å². The van der Waals surface area contributed by atoms with Crippen LogP contribution in [-0.4, -0.2) is 54.4 Å². The van der Waals surface area contributed by atoms with E-state index >= 15 is 0 Å². The molecule has 0 aliphatic rings.